The normalized spacial score (nSPS) is 19.9. The molecule has 0 bridgehead atoms. The Hall–Kier alpha value is -0.0600. The fourth-order valence-electron chi connectivity index (χ4n) is 2.11. The van der Waals surface area contributed by atoms with Gasteiger partial charge in [-0.05, 0) is 50.7 Å². The second-order valence-corrected chi connectivity index (χ2v) is 6.60. The van der Waals surface area contributed by atoms with Crippen molar-refractivity contribution in [1.29, 1.82) is 0 Å². The van der Waals surface area contributed by atoms with E-state index in [0.29, 0.717) is 6.04 Å². The van der Waals surface area contributed by atoms with E-state index in [9.17, 15) is 0 Å². The van der Waals surface area contributed by atoms with Crippen LogP contribution in [0, 0.1) is 12.8 Å². The summed E-state index contributed by atoms with van der Waals surface area (Å²) in [4.78, 5) is 5.70. The Morgan fingerprint density at radius 2 is 2.25 bits per heavy atom. The summed E-state index contributed by atoms with van der Waals surface area (Å²) in [6, 6.07) is 0.460. The highest BCUT2D eigenvalue weighted by Crippen LogP contribution is 2.24. The number of thiazole rings is 1. The van der Waals surface area contributed by atoms with Crippen LogP contribution in [0.4, 0.5) is 0 Å². The van der Waals surface area contributed by atoms with Crippen molar-refractivity contribution in [2.24, 2.45) is 5.92 Å². The van der Waals surface area contributed by atoms with E-state index in [1.165, 1.54) is 41.5 Å². The highest BCUT2D eigenvalue weighted by molar-refractivity contribution is 7.99. The molecule has 1 unspecified atom stereocenters. The average molecular weight is 256 g/mol. The summed E-state index contributed by atoms with van der Waals surface area (Å²) in [7, 11) is 0. The van der Waals surface area contributed by atoms with Gasteiger partial charge in [0.2, 0.25) is 0 Å². The molecule has 1 saturated heterocycles. The molecule has 1 aromatic heterocycles. The van der Waals surface area contributed by atoms with Gasteiger partial charge in [0.25, 0.3) is 0 Å². The SMILES string of the molecule is Cc1ncsc1C(C)NCC1CCSCC1. The van der Waals surface area contributed by atoms with Crippen LogP contribution >= 0.6 is 23.1 Å². The van der Waals surface area contributed by atoms with E-state index in [-0.39, 0.29) is 0 Å². The van der Waals surface area contributed by atoms with Gasteiger partial charge in [-0.3, -0.25) is 0 Å². The van der Waals surface area contributed by atoms with Gasteiger partial charge in [-0.15, -0.1) is 11.3 Å². The van der Waals surface area contributed by atoms with Gasteiger partial charge in [0.1, 0.15) is 0 Å². The van der Waals surface area contributed by atoms with Crippen molar-refractivity contribution in [1.82, 2.24) is 10.3 Å². The van der Waals surface area contributed by atoms with Crippen molar-refractivity contribution in [2.75, 3.05) is 18.1 Å². The molecule has 0 radical (unpaired) electrons. The van der Waals surface area contributed by atoms with Gasteiger partial charge in [0, 0.05) is 10.9 Å². The molecular formula is C12H20N2S2. The number of hydrogen-bond acceptors (Lipinski definition) is 4. The van der Waals surface area contributed by atoms with E-state index in [0.717, 1.165) is 5.92 Å². The molecule has 0 spiro atoms. The van der Waals surface area contributed by atoms with Crippen LogP contribution in [0.5, 0.6) is 0 Å². The van der Waals surface area contributed by atoms with Crippen molar-refractivity contribution in [3.05, 3.63) is 16.1 Å². The Kier molecular flexibility index (Phi) is 4.67. The molecule has 1 aliphatic heterocycles. The Balaban J connectivity index is 1.79. The van der Waals surface area contributed by atoms with Gasteiger partial charge in [0.05, 0.1) is 11.2 Å². The molecule has 1 aromatic rings. The molecule has 1 N–H and O–H groups in total. The molecular weight excluding hydrogens is 236 g/mol. The second-order valence-electron chi connectivity index (χ2n) is 4.49. The predicted molar refractivity (Wildman–Crippen MR) is 73.3 cm³/mol. The third-order valence-corrected chi connectivity index (χ3v) is 5.39. The van der Waals surface area contributed by atoms with E-state index in [1.807, 2.05) is 5.51 Å². The van der Waals surface area contributed by atoms with Gasteiger partial charge in [0.15, 0.2) is 0 Å². The van der Waals surface area contributed by atoms with Crippen molar-refractivity contribution in [2.45, 2.75) is 32.7 Å². The lowest BCUT2D eigenvalue weighted by atomic mass is 10.0. The lowest BCUT2D eigenvalue weighted by Crippen LogP contribution is -2.27. The van der Waals surface area contributed by atoms with E-state index in [4.69, 9.17) is 0 Å². The van der Waals surface area contributed by atoms with Crippen LogP contribution in [0.1, 0.15) is 36.4 Å². The van der Waals surface area contributed by atoms with Crippen LogP contribution < -0.4 is 5.32 Å². The van der Waals surface area contributed by atoms with E-state index in [1.54, 1.807) is 11.3 Å². The van der Waals surface area contributed by atoms with Crippen molar-refractivity contribution < 1.29 is 0 Å². The summed E-state index contributed by atoms with van der Waals surface area (Å²) in [5, 5.41) is 3.66. The predicted octanol–water partition coefficient (Wildman–Crippen LogP) is 3.25. The zero-order valence-corrected chi connectivity index (χ0v) is 11.7. The van der Waals surface area contributed by atoms with Crippen LogP contribution in [0.25, 0.3) is 0 Å². The molecule has 90 valence electrons. The average Bonchev–Trinajstić information content (AvgIpc) is 2.74. The number of nitrogens with one attached hydrogen (secondary N) is 1. The zero-order chi connectivity index (χ0) is 11.4. The molecule has 1 atom stereocenters. The summed E-state index contributed by atoms with van der Waals surface area (Å²) < 4.78 is 0. The van der Waals surface area contributed by atoms with Crippen LogP contribution in [0.3, 0.4) is 0 Å². The van der Waals surface area contributed by atoms with Crippen molar-refractivity contribution >= 4 is 23.1 Å². The molecule has 1 fully saturated rings. The Morgan fingerprint density at radius 1 is 1.50 bits per heavy atom. The first-order valence-corrected chi connectivity index (χ1v) is 8.02. The van der Waals surface area contributed by atoms with Crippen LogP contribution in [-0.2, 0) is 0 Å². The van der Waals surface area contributed by atoms with E-state index >= 15 is 0 Å². The Morgan fingerprint density at radius 3 is 2.88 bits per heavy atom. The molecule has 2 heterocycles. The zero-order valence-electron chi connectivity index (χ0n) is 10.0. The van der Waals surface area contributed by atoms with Crippen LogP contribution in [-0.4, -0.2) is 23.0 Å². The highest BCUT2D eigenvalue weighted by atomic mass is 32.2. The quantitative estimate of drug-likeness (QED) is 0.895. The molecule has 0 saturated carbocycles. The Bertz CT molecular complexity index is 319. The first-order chi connectivity index (χ1) is 7.77. The highest BCUT2D eigenvalue weighted by Gasteiger charge is 2.16. The number of nitrogens with zero attached hydrogens (tertiary/aromatic N) is 1. The second kappa shape index (κ2) is 6.03. The third kappa shape index (κ3) is 3.22. The summed E-state index contributed by atoms with van der Waals surface area (Å²) in [5.41, 5.74) is 3.13. The van der Waals surface area contributed by atoms with Gasteiger partial charge in [-0.25, -0.2) is 4.98 Å². The minimum Gasteiger partial charge on any atom is -0.309 e. The monoisotopic (exact) mass is 256 g/mol. The minimum absolute atomic E-state index is 0.460. The van der Waals surface area contributed by atoms with Crippen molar-refractivity contribution in [3.8, 4) is 0 Å². The number of rotatable bonds is 4. The summed E-state index contributed by atoms with van der Waals surface area (Å²) in [5.74, 6) is 3.58. The molecule has 0 aromatic carbocycles. The lowest BCUT2D eigenvalue weighted by Gasteiger charge is -2.23. The van der Waals surface area contributed by atoms with E-state index in [2.05, 4.69) is 35.9 Å². The molecule has 1 aliphatic rings. The number of aryl methyl sites for hydroxylation is 1. The molecule has 2 rings (SSSR count). The number of aromatic nitrogens is 1. The maximum absolute atomic E-state index is 4.31. The first kappa shape index (κ1) is 12.4. The Labute approximate surface area is 106 Å². The fourth-order valence-corrected chi connectivity index (χ4v) is 4.15. The largest absolute Gasteiger partial charge is 0.309 e. The summed E-state index contributed by atoms with van der Waals surface area (Å²) in [6.45, 7) is 5.51. The molecule has 0 aliphatic carbocycles. The molecule has 0 amide bonds. The van der Waals surface area contributed by atoms with E-state index < -0.39 is 0 Å². The lowest BCUT2D eigenvalue weighted by molar-refractivity contribution is 0.422. The van der Waals surface area contributed by atoms with Gasteiger partial charge < -0.3 is 5.32 Å². The maximum Gasteiger partial charge on any atom is 0.0798 e. The van der Waals surface area contributed by atoms with Gasteiger partial charge in [-0.1, -0.05) is 0 Å². The molecule has 4 heteroatoms. The van der Waals surface area contributed by atoms with Crippen molar-refractivity contribution in [3.63, 3.8) is 0 Å². The molecule has 16 heavy (non-hydrogen) atoms. The van der Waals surface area contributed by atoms with Gasteiger partial charge >= 0.3 is 0 Å². The molecule has 2 nitrogen and oxygen atoms in total. The maximum atomic E-state index is 4.31. The van der Waals surface area contributed by atoms with Crippen LogP contribution in [0.15, 0.2) is 5.51 Å². The fraction of sp³-hybridized carbons (Fsp3) is 0.750. The smallest absolute Gasteiger partial charge is 0.0798 e. The minimum atomic E-state index is 0.460. The summed E-state index contributed by atoms with van der Waals surface area (Å²) in [6.07, 6.45) is 2.76. The van der Waals surface area contributed by atoms with Gasteiger partial charge in [-0.2, -0.15) is 11.8 Å². The number of thioether (sulfide) groups is 1. The first-order valence-electron chi connectivity index (χ1n) is 5.98. The third-order valence-electron chi connectivity index (χ3n) is 3.23. The number of hydrogen-bond donors (Lipinski definition) is 1. The standard InChI is InChI=1S/C12H20N2S2/c1-9(12-10(2)14-8-16-12)13-7-11-3-5-15-6-4-11/h8-9,11,13H,3-7H2,1-2H3. The topological polar surface area (TPSA) is 24.9 Å². The summed E-state index contributed by atoms with van der Waals surface area (Å²) >= 11 is 3.86. The van der Waals surface area contributed by atoms with Crippen LogP contribution in [0.2, 0.25) is 0 Å².